The summed E-state index contributed by atoms with van der Waals surface area (Å²) in [6, 6.07) is 7.99. The molecule has 2 aromatic heterocycles. The molecule has 236 valence electrons. The lowest BCUT2D eigenvalue weighted by molar-refractivity contribution is 0.208. The predicted molar refractivity (Wildman–Crippen MR) is 181 cm³/mol. The van der Waals surface area contributed by atoms with E-state index in [0.29, 0.717) is 64.5 Å². The molecule has 2 saturated heterocycles. The van der Waals surface area contributed by atoms with Crippen molar-refractivity contribution < 1.29 is 9.13 Å². The first kappa shape index (κ1) is 30.6. The average Bonchev–Trinajstić information content (AvgIpc) is 3.46. The predicted octanol–water partition coefficient (Wildman–Crippen LogP) is 5.48. The summed E-state index contributed by atoms with van der Waals surface area (Å²) in [6.07, 6.45) is 3.70. The van der Waals surface area contributed by atoms with Crippen LogP contribution in [0.25, 0.3) is 32.2 Å². The van der Waals surface area contributed by atoms with Gasteiger partial charge in [0.05, 0.1) is 52.0 Å². The van der Waals surface area contributed by atoms with Crippen LogP contribution in [-0.2, 0) is 4.74 Å². The largest absolute Gasteiger partial charge is 0.383 e. The monoisotopic (exact) mass is 668 g/mol. The Labute approximate surface area is 272 Å². The van der Waals surface area contributed by atoms with Gasteiger partial charge < -0.3 is 20.7 Å². The molecule has 7 rings (SSSR count). The van der Waals surface area contributed by atoms with Gasteiger partial charge >= 0.3 is 5.69 Å². The molecule has 45 heavy (non-hydrogen) atoms. The number of halogens is 2. The number of aliphatic imine (C=N–C) groups is 2. The first-order valence-corrected chi connectivity index (χ1v) is 17.4. The standard InChI is InChI=1S/C31H34ClFN8O2S2/c1-43-12-9-36-16-37-18-6-10-40(11-7-18)29-20-13-21(32)24(19-4-5-22(33)27-25(19)38-30(34)45-27)28-26(20)41(31(42)39-29)23(15-44-28)17-3-2-8-35-14-17/h4-5,13,17-18,23,35H,2-3,6-12,14-15H2,1H3,(H2,34,38)/t17?,23-/m1/s1. The molecule has 0 amide bonds. The van der Waals surface area contributed by atoms with Gasteiger partial charge in [0.1, 0.15) is 11.6 Å². The lowest BCUT2D eigenvalue weighted by Gasteiger charge is -2.37. The van der Waals surface area contributed by atoms with E-state index in [1.165, 1.54) is 6.07 Å². The number of aromatic nitrogens is 3. The van der Waals surface area contributed by atoms with E-state index in [1.54, 1.807) is 24.9 Å². The van der Waals surface area contributed by atoms with Crippen molar-refractivity contribution in [1.82, 2.24) is 19.9 Å². The van der Waals surface area contributed by atoms with Crippen molar-refractivity contribution in [2.45, 2.75) is 42.7 Å². The van der Waals surface area contributed by atoms with Gasteiger partial charge in [-0.15, -0.1) is 11.8 Å². The van der Waals surface area contributed by atoms with Gasteiger partial charge in [0.25, 0.3) is 0 Å². The molecule has 2 aromatic carbocycles. The molecule has 0 saturated carbocycles. The highest BCUT2D eigenvalue weighted by molar-refractivity contribution is 7.99. The molecule has 14 heteroatoms. The average molecular weight is 669 g/mol. The Hall–Kier alpha value is -3.06. The lowest BCUT2D eigenvalue weighted by atomic mass is 9.91. The number of thiazole rings is 1. The molecule has 2 atom stereocenters. The summed E-state index contributed by atoms with van der Waals surface area (Å²) in [5.74, 6) is 1.29. The fourth-order valence-electron chi connectivity index (χ4n) is 6.77. The lowest BCUT2D eigenvalue weighted by Crippen LogP contribution is -2.43. The maximum absolute atomic E-state index is 14.8. The number of hydrogen-bond donors (Lipinski definition) is 2. The third kappa shape index (κ3) is 5.75. The molecule has 3 N–H and O–H groups in total. The van der Waals surface area contributed by atoms with Crippen molar-refractivity contribution in [2.24, 2.45) is 15.9 Å². The molecule has 3 aliphatic rings. The van der Waals surface area contributed by atoms with Gasteiger partial charge in [-0.05, 0) is 62.9 Å². The number of rotatable bonds is 7. The minimum Gasteiger partial charge on any atom is -0.383 e. The van der Waals surface area contributed by atoms with Gasteiger partial charge in [-0.1, -0.05) is 22.9 Å². The second-order valence-electron chi connectivity index (χ2n) is 11.7. The molecule has 2 fully saturated rings. The Morgan fingerprint density at radius 3 is 2.89 bits per heavy atom. The summed E-state index contributed by atoms with van der Waals surface area (Å²) in [5, 5.41) is 5.15. The van der Waals surface area contributed by atoms with Gasteiger partial charge in [0.15, 0.2) is 5.13 Å². The molecule has 0 aliphatic carbocycles. The number of thioether (sulfide) groups is 1. The highest BCUT2D eigenvalue weighted by atomic mass is 35.5. The number of ether oxygens (including phenoxy) is 1. The number of nitrogens with two attached hydrogens (primary N) is 1. The van der Waals surface area contributed by atoms with Crippen LogP contribution < -0.4 is 21.6 Å². The van der Waals surface area contributed by atoms with Crippen LogP contribution in [0, 0.1) is 11.7 Å². The molecule has 1 unspecified atom stereocenters. The number of nitrogens with one attached hydrogen (secondary N) is 1. The fourth-order valence-corrected chi connectivity index (χ4v) is 9.37. The van der Waals surface area contributed by atoms with Crippen LogP contribution in [0.4, 0.5) is 15.3 Å². The summed E-state index contributed by atoms with van der Waals surface area (Å²) in [7, 11) is 1.64. The van der Waals surface area contributed by atoms with Gasteiger partial charge in [0.2, 0.25) is 0 Å². The van der Waals surface area contributed by atoms with Crippen molar-refractivity contribution in [2.75, 3.05) is 62.8 Å². The van der Waals surface area contributed by atoms with E-state index in [2.05, 4.69) is 31.2 Å². The minimum absolute atomic E-state index is 0.0125. The van der Waals surface area contributed by atoms with Crippen LogP contribution in [0.3, 0.4) is 0 Å². The van der Waals surface area contributed by atoms with E-state index >= 15 is 0 Å². The maximum Gasteiger partial charge on any atom is 0.350 e. The van der Waals surface area contributed by atoms with Crippen molar-refractivity contribution in [3.05, 3.63) is 39.5 Å². The van der Waals surface area contributed by atoms with E-state index in [-0.39, 0.29) is 28.7 Å². The molecule has 3 aliphatic heterocycles. The van der Waals surface area contributed by atoms with Crippen molar-refractivity contribution in [1.29, 1.82) is 0 Å². The SMILES string of the molecule is COCCN=C=NC1CCN(c2nc(=O)n3c4c(c(-c5ccc(F)c6sc(N)nc56)c(Cl)cc24)SC[C@@H]3C2CCCNC2)CC1. The van der Waals surface area contributed by atoms with Crippen LogP contribution >= 0.6 is 34.7 Å². The van der Waals surface area contributed by atoms with E-state index < -0.39 is 0 Å². The summed E-state index contributed by atoms with van der Waals surface area (Å²) < 4.78 is 22.1. The first-order valence-electron chi connectivity index (χ1n) is 15.3. The van der Waals surface area contributed by atoms with Gasteiger partial charge in [-0.3, -0.25) is 4.57 Å². The fraction of sp³-hybridized carbons (Fsp3) is 0.484. The maximum atomic E-state index is 14.8. The molecule has 0 bridgehead atoms. The number of methoxy groups -OCH3 is 1. The first-order chi connectivity index (χ1) is 21.9. The Bertz CT molecular complexity index is 1880. The molecule has 10 nitrogen and oxygen atoms in total. The van der Waals surface area contributed by atoms with Crippen molar-refractivity contribution in [3.63, 3.8) is 0 Å². The molecule has 0 spiro atoms. The third-order valence-electron chi connectivity index (χ3n) is 8.97. The molecule has 4 aromatic rings. The van der Waals surface area contributed by atoms with E-state index in [9.17, 15) is 9.18 Å². The van der Waals surface area contributed by atoms with Crippen LogP contribution in [0.1, 0.15) is 31.7 Å². The zero-order chi connectivity index (χ0) is 31.1. The highest BCUT2D eigenvalue weighted by Crippen LogP contribution is 2.50. The summed E-state index contributed by atoms with van der Waals surface area (Å²) >= 11 is 9.97. The normalized spacial score (nSPS) is 20.5. The zero-order valence-corrected chi connectivity index (χ0v) is 27.3. The van der Waals surface area contributed by atoms with E-state index in [0.717, 1.165) is 71.5 Å². The smallest absolute Gasteiger partial charge is 0.350 e. The number of benzene rings is 2. The highest BCUT2D eigenvalue weighted by Gasteiger charge is 2.35. The van der Waals surface area contributed by atoms with Crippen LogP contribution in [0.2, 0.25) is 5.02 Å². The van der Waals surface area contributed by atoms with E-state index in [1.807, 2.05) is 10.6 Å². The van der Waals surface area contributed by atoms with E-state index in [4.69, 9.17) is 27.1 Å². The van der Waals surface area contributed by atoms with Gasteiger partial charge in [-0.2, -0.15) is 4.98 Å². The van der Waals surface area contributed by atoms with Gasteiger partial charge in [-0.25, -0.2) is 24.2 Å². The summed E-state index contributed by atoms with van der Waals surface area (Å²) in [4.78, 5) is 35.1. The van der Waals surface area contributed by atoms with Crippen LogP contribution in [-0.4, -0.2) is 78.8 Å². The molecule has 5 heterocycles. The van der Waals surface area contributed by atoms with Gasteiger partial charge in [0, 0.05) is 47.4 Å². The quantitative estimate of drug-likeness (QED) is 0.196. The minimum atomic E-state index is -0.372. The van der Waals surface area contributed by atoms with Crippen LogP contribution in [0.15, 0.2) is 37.9 Å². The number of nitrogens with zero attached hydrogens (tertiary/aromatic N) is 6. The zero-order valence-electron chi connectivity index (χ0n) is 24.9. The van der Waals surface area contributed by atoms with Crippen LogP contribution in [0.5, 0.6) is 0 Å². The molecular formula is C31H34ClFN8O2S2. The Balaban J connectivity index is 1.36. The summed E-state index contributed by atoms with van der Waals surface area (Å²) in [6.45, 7) is 4.30. The Morgan fingerprint density at radius 2 is 2.11 bits per heavy atom. The Morgan fingerprint density at radius 1 is 1.27 bits per heavy atom. The number of piperidine rings is 2. The summed E-state index contributed by atoms with van der Waals surface area (Å²) in [5.41, 5.74) is 8.54. The number of hydrogen-bond acceptors (Lipinski definition) is 11. The number of fused-ring (bicyclic) bond motifs is 1. The second kappa shape index (κ2) is 13.0. The van der Waals surface area contributed by atoms with Crippen molar-refractivity contribution in [3.8, 4) is 11.1 Å². The Kier molecular flexibility index (Phi) is 8.82. The topological polar surface area (TPSA) is 123 Å². The molecular weight excluding hydrogens is 635 g/mol. The van der Waals surface area contributed by atoms with Crippen molar-refractivity contribution >= 4 is 72.8 Å². The molecule has 0 radical (unpaired) electrons. The number of nitrogen functional groups attached to an aromatic ring is 1. The number of anilines is 2. The second-order valence-corrected chi connectivity index (χ2v) is 14.1. The third-order valence-corrected chi connectivity index (χ3v) is 11.4.